The highest BCUT2D eigenvalue weighted by Crippen LogP contribution is 2.54. The molecule has 9 aromatic rings. The summed E-state index contributed by atoms with van der Waals surface area (Å²) in [5.74, 6) is 1.54. The van der Waals surface area contributed by atoms with Gasteiger partial charge in [-0.15, -0.1) is 0 Å². The van der Waals surface area contributed by atoms with Crippen LogP contribution in [0, 0.1) is 11.3 Å². The molecule has 0 aliphatic carbocycles. The monoisotopic (exact) mass is 679 g/mol. The highest BCUT2D eigenvalue weighted by atomic mass is 15.3. The molecule has 0 saturated heterocycles. The summed E-state index contributed by atoms with van der Waals surface area (Å²) in [6.07, 6.45) is 0. The topological polar surface area (TPSA) is 73.9 Å². The minimum atomic E-state index is 0.480. The van der Waals surface area contributed by atoms with Crippen LogP contribution in [0.25, 0.3) is 50.5 Å². The van der Waals surface area contributed by atoms with Gasteiger partial charge in [-0.1, -0.05) is 109 Å². The maximum atomic E-state index is 10.8. The van der Waals surface area contributed by atoms with Gasteiger partial charge in [-0.3, -0.25) is 4.57 Å². The average Bonchev–Trinajstić information content (AvgIpc) is 3.57. The Labute approximate surface area is 305 Å². The highest BCUT2D eigenvalue weighted by molar-refractivity contribution is 6.09. The zero-order valence-corrected chi connectivity index (χ0v) is 28.4. The molecule has 0 fully saturated rings. The first-order valence-corrected chi connectivity index (χ1v) is 17.4. The second-order valence-electron chi connectivity index (χ2n) is 12.8. The van der Waals surface area contributed by atoms with E-state index in [1.165, 1.54) is 0 Å². The van der Waals surface area contributed by atoms with Gasteiger partial charge in [-0.25, -0.2) is 4.98 Å². The first kappa shape index (κ1) is 30.3. The number of aromatic nitrogens is 4. The Morgan fingerprint density at radius 2 is 0.906 bits per heavy atom. The standard InChI is InChI=1S/C46H29N7/c47-30-33-29-32(27-28-37(33)52-42-25-13-11-23-40(42)51(34-17-5-2-6-18-34)41-24-12-14-26-43(41)52)45-48-44(31-15-3-1-4-16-31)49-46(50-45)53-38-21-9-7-19-35(38)36-20-8-10-22-39(36)53/h1-29H. The predicted molar refractivity (Wildman–Crippen MR) is 213 cm³/mol. The van der Waals surface area contributed by atoms with E-state index in [2.05, 4.69) is 117 Å². The van der Waals surface area contributed by atoms with E-state index >= 15 is 0 Å². The smallest absolute Gasteiger partial charge is 0.238 e. The number of hydrogen-bond acceptors (Lipinski definition) is 6. The maximum absolute atomic E-state index is 10.8. The Balaban J connectivity index is 1.16. The first-order valence-electron chi connectivity index (χ1n) is 17.4. The van der Waals surface area contributed by atoms with Crippen molar-refractivity contribution in [2.24, 2.45) is 0 Å². The normalized spacial score (nSPS) is 12.1. The van der Waals surface area contributed by atoms with Crippen molar-refractivity contribution in [2.45, 2.75) is 0 Å². The Morgan fingerprint density at radius 3 is 1.49 bits per heavy atom. The molecule has 0 atom stereocenters. The van der Waals surface area contributed by atoms with Gasteiger partial charge in [0.05, 0.1) is 45.0 Å². The number of nitrogens with zero attached hydrogens (tertiary/aromatic N) is 7. The molecule has 0 radical (unpaired) electrons. The van der Waals surface area contributed by atoms with E-state index < -0.39 is 0 Å². The van der Waals surface area contributed by atoms with Gasteiger partial charge >= 0.3 is 0 Å². The molecule has 1 aliphatic rings. The van der Waals surface area contributed by atoms with Crippen LogP contribution in [0.4, 0.5) is 34.1 Å². The van der Waals surface area contributed by atoms with Crippen LogP contribution in [0.15, 0.2) is 176 Å². The van der Waals surface area contributed by atoms with Gasteiger partial charge in [0.2, 0.25) is 5.95 Å². The number of rotatable bonds is 5. The van der Waals surface area contributed by atoms with E-state index in [1.807, 2.05) is 78.9 Å². The maximum Gasteiger partial charge on any atom is 0.238 e. The van der Waals surface area contributed by atoms with Gasteiger partial charge in [-0.2, -0.15) is 15.2 Å². The lowest BCUT2D eigenvalue weighted by Gasteiger charge is -2.40. The van der Waals surface area contributed by atoms with Crippen LogP contribution in [-0.2, 0) is 0 Å². The van der Waals surface area contributed by atoms with Gasteiger partial charge in [0.1, 0.15) is 6.07 Å². The first-order chi connectivity index (χ1) is 26.3. The molecule has 7 heteroatoms. The molecule has 0 spiro atoms. The third-order valence-electron chi connectivity index (χ3n) is 9.79. The largest absolute Gasteiger partial charge is 0.306 e. The van der Waals surface area contributed by atoms with Crippen molar-refractivity contribution < 1.29 is 0 Å². The summed E-state index contributed by atoms with van der Waals surface area (Å²) >= 11 is 0. The lowest BCUT2D eigenvalue weighted by atomic mass is 10.0. The van der Waals surface area contributed by atoms with Crippen molar-refractivity contribution >= 4 is 55.9 Å². The lowest BCUT2D eigenvalue weighted by molar-refractivity contribution is 0.953. The van der Waals surface area contributed by atoms with Crippen LogP contribution in [0.1, 0.15) is 5.56 Å². The third-order valence-corrected chi connectivity index (χ3v) is 9.79. The number of para-hydroxylation sites is 7. The molecule has 7 nitrogen and oxygen atoms in total. The summed E-state index contributed by atoms with van der Waals surface area (Å²) < 4.78 is 2.10. The fourth-order valence-corrected chi connectivity index (χ4v) is 7.47. The van der Waals surface area contributed by atoms with Crippen LogP contribution in [-0.4, -0.2) is 19.5 Å². The summed E-state index contributed by atoms with van der Waals surface area (Å²) in [5, 5.41) is 13.0. The van der Waals surface area contributed by atoms with Gasteiger partial charge in [0.25, 0.3) is 0 Å². The summed E-state index contributed by atoms with van der Waals surface area (Å²) in [6.45, 7) is 0. The molecule has 2 aromatic heterocycles. The number of nitriles is 1. The Kier molecular flexibility index (Phi) is 7.05. The Bertz CT molecular complexity index is 2770. The van der Waals surface area contributed by atoms with Crippen LogP contribution < -0.4 is 9.80 Å². The van der Waals surface area contributed by atoms with E-state index in [-0.39, 0.29) is 0 Å². The zero-order chi connectivity index (χ0) is 35.3. The number of fused-ring (bicyclic) bond motifs is 5. The average molecular weight is 680 g/mol. The zero-order valence-electron chi connectivity index (χ0n) is 28.4. The van der Waals surface area contributed by atoms with Crippen molar-refractivity contribution in [1.82, 2.24) is 19.5 Å². The highest BCUT2D eigenvalue weighted by Gasteiger charge is 2.31. The molecular formula is C46H29N7. The van der Waals surface area contributed by atoms with Crippen LogP contribution >= 0.6 is 0 Å². The number of hydrogen-bond donors (Lipinski definition) is 0. The van der Waals surface area contributed by atoms with E-state index in [9.17, 15) is 5.26 Å². The summed E-state index contributed by atoms with van der Waals surface area (Å²) in [5.41, 5.74) is 9.91. The van der Waals surface area contributed by atoms with Crippen LogP contribution in [0.3, 0.4) is 0 Å². The second-order valence-corrected chi connectivity index (χ2v) is 12.8. The SMILES string of the molecule is N#Cc1cc(-c2nc(-c3ccccc3)nc(-n3c4ccccc4c4ccccc43)n2)ccc1N1c2ccccc2N(c2ccccc2)c2ccccc21. The lowest BCUT2D eigenvalue weighted by Crippen LogP contribution is -2.24. The van der Waals surface area contributed by atoms with Gasteiger partial charge < -0.3 is 9.80 Å². The summed E-state index contributed by atoms with van der Waals surface area (Å²) in [4.78, 5) is 19.6. The fraction of sp³-hybridized carbons (Fsp3) is 0. The molecule has 0 N–H and O–H groups in total. The molecule has 248 valence electrons. The van der Waals surface area contributed by atoms with Gasteiger partial charge in [-0.05, 0) is 66.7 Å². The Morgan fingerprint density at radius 1 is 0.415 bits per heavy atom. The molecule has 7 aromatic carbocycles. The van der Waals surface area contributed by atoms with E-state index in [0.29, 0.717) is 23.2 Å². The van der Waals surface area contributed by atoms with Gasteiger partial charge in [0, 0.05) is 27.6 Å². The van der Waals surface area contributed by atoms with Crippen LogP contribution in [0.2, 0.25) is 0 Å². The van der Waals surface area contributed by atoms with Crippen molar-refractivity contribution in [1.29, 1.82) is 5.26 Å². The minimum absolute atomic E-state index is 0.480. The number of anilines is 6. The van der Waals surface area contributed by atoms with Crippen molar-refractivity contribution in [3.05, 3.63) is 181 Å². The molecule has 0 unspecified atom stereocenters. The molecule has 1 aliphatic heterocycles. The molecule has 0 bridgehead atoms. The van der Waals surface area contributed by atoms with Crippen molar-refractivity contribution in [3.63, 3.8) is 0 Å². The molecular weight excluding hydrogens is 651 g/mol. The second kappa shape index (κ2) is 12.3. The quantitative estimate of drug-likeness (QED) is 0.180. The van der Waals surface area contributed by atoms with E-state index in [1.54, 1.807) is 0 Å². The van der Waals surface area contributed by atoms with E-state index in [0.717, 1.165) is 67.1 Å². The predicted octanol–water partition coefficient (Wildman–Crippen LogP) is 11.4. The molecule has 0 saturated carbocycles. The summed E-state index contributed by atoms with van der Waals surface area (Å²) in [7, 11) is 0. The summed E-state index contributed by atoms with van der Waals surface area (Å²) in [6, 6.07) is 62.0. The molecule has 10 rings (SSSR count). The van der Waals surface area contributed by atoms with Crippen LogP contribution in [0.5, 0.6) is 0 Å². The molecule has 53 heavy (non-hydrogen) atoms. The molecule has 3 heterocycles. The van der Waals surface area contributed by atoms with Crippen molar-refractivity contribution in [3.8, 4) is 34.8 Å². The molecule has 0 amide bonds. The van der Waals surface area contributed by atoms with Crippen molar-refractivity contribution in [2.75, 3.05) is 9.80 Å². The van der Waals surface area contributed by atoms with E-state index in [4.69, 9.17) is 15.0 Å². The number of benzene rings is 7. The Hall–Kier alpha value is -7.56. The fourth-order valence-electron chi connectivity index (χ4n) is 7.47. The van der Waals surface area contributed by atoms with Gasteiger partial charge in [0.15, 0.2) is 11.6 Å². The third kappa shape index (κ3) is 4.93. The minimum Gasteiger partial charge on any atom is -0.306 e.